The average Bonchev–Trinajstić information content (AvgIpc) is 3.46. The number of nitrogens with zero attached hydrogens (tertiary/aromatic N) is 4. The molecule has 0 radical (unpaired) electrons. The minimum atomic E-state index is 0.105. The maximum Gasteiger partial charge on any atom is 0.233 e. The molecule has 3 heterocycles. The molecule has 0 aliphatic carbocycles. The Balaban J connectivity index is 1.35. The lowest BCUT2D eigenvalue weighted by Crippen LogP contribution is -2.37. The van der Waals surface area contributed by atoms with Crippen molar-refractivity contribution in [2.24, 2.45) is 0 Å². The van der Waals surface area contributed by atoms with Gasteiger partial charge in [-0.1, -0.05) is 17.8 Å². The standard InChI is InChI=1S/C21H24N4O3S2/c1-27-18-10-15-5-7-24(12-16(15)11-19(18)28-2)20(26)13-30-21-23-22-14-25(21)8-6-17-4-3-9-29-17/h3-4,9-11,14H,5-8,12-13H2,1-2H3. The summed E-state index contributed by atoms with van der Waals surface area (Å²) >= 11 is 3.19. The largest absolute Gasteiger partial charge is 0.493 e. The number of ether oxygens (including phenoxy) is 2. The third-order valence-corrected chi connectivity index (χ3v) is 7.06. The lowest BCUT2D eigenvalue weighted by molar-refractivity contribution is -0.129. The van der Waals surface area contributed by atoms with Crippen LogP contribution in [-0.4, -0.2) is 52.1 Å². The molecular weight excluding hydrogens is 420 g/mol. The number of thioether (sulfide) groups is 1. The van der Waals surface area contributed by atoms with Crippen LogP contribution in [0.25, 0.3) is 0 Å². The zero-order valence-corrected chi connectivity index (χ0v) is 18.7. The van der Waals surface area contributed by atoms with Gasteiger partial charge in [0.1, 0.15) is 6.33 Å². The first kappa shape index (κ1) is 20.7. The molecule has 4 rings (SSSR count). The van der Waals surface area contributed by atoms with Crippen molar-refractivity contribution in [2.75, 3.05) is 26.5 Å². The predicted molar refractivity (Wildman–Crippen MR) is 117 cm³/mol. The van der Waals surface area contributed by atoms with Crippen molar-refractivity contribution in [3.8, 4) is 11.5 Å². The Morgan fingerprint density at radius 2 is 2.03 bits per heavy atom. The summed E-state index contributed by atoms with van der Waals surface area (Å²) in [4.78, 5) is 16.1. The van der Waals surface area contributed by atoms with E-state index in [1.807, 2.05) is 21.6 Å². The van der Waals surface area contributed by atoms with E-state index in [0.717, 1.165) is 35.9 Å². The van der Waals surface area contributed by atoms with Crippen LogP contribution in [0.4, 0.5) is 0 Å². The topological polar surface area (TPSA) is 69.5 Å². The van der Waals surface area contributed by atoms with E-state index in [4.69, 9.17) is 9.47 Å². The highest BCUT2D eigenvalue weighted by Crippen LogP contribution is 2.33. The minimum absolute atomic E-state index is 0.105. The Hall–Kier alpha value is -2.52. The molecule has 3 aromatic rings. The van der Waals surface area contributed by atoms with Crippen LogP contribution in [0.1, 0.15) is 16.0 Å². The molecule has 0 N–H and O–H groups in total. The van der Waals surface area contributed by atoms with Gasteiger partial charge in [0.25, 0.3) is 0 Å². The van der Waals surface area contributed by atoms with Crippen LogP contribution in [0.5, 0.6) is 11.5 Å². The number of hydrogen-bond donors (Lipinski definition) is 0. The molecule has 1 amide bonds. The summed E-state index contributed by atoms with van der Waals surface area (Å²) in [6, 6.07) is 8.18. The Kier molecular flexibility index (Phi) is 6.59. The first-order valence-electron chi connectivity index (χ1n) is 9.72. The molecule has 0 fully saturated rings. The zero-order valence-electron chi connectivity index (χ0n) is 17.0. The van der Waals surface area contributed by atoms with E-state index >= 15 is 0 Å². The second-order valence-corrected chi connectivity index (χ2v) is 8.94. The Morgan fingerprint density at radius 1 is 1.23 bits per heavy atom. The minimum Gasteiger partial charge on any atom is -0.493 e. The molecule has 1 aliphatic heterocycles. The van der Waals surface area contributed by atoms with E-state index in [1.165, 1.54) is 22.2 Å². The highest BCUT2D eigenvalue weighted by atomic mass is 32.2. The number of carbonyl (C=O) groups excluding carboxylic acids is 1. The van der Waals surface area contributed by atoms with Crippen LogP contribution in [0.2, 0.25) is 0 Å². The SMILES string of the molecule is COc1cc2c(cc1OC)CN(C(=O)CSc1nncn1CCc1cccs1)CC2. The van der Waals surface area contributed by atoms with Gasteiger partial charge in [-0.25, -0.2) is 0 Å². The van der Waals surface area contributed by atoms with E-state index < -0.39 is 0 Å². The van der Waals surface area contributed by atoms with Gasteiger partial charge in [-0.3, -0.25) is 4.79 Å². The average molecular weight is 445 g/mol. The quantitative estimate of drug-likeness (QED) is 0.497. The van der Waals surface area contributed by atoms with E-state index in [9.17, 15) is 4.79 Å². The number of thiophene rings is 1. The van der Waals surface area contributed by atoms with Crippen LogP contribution in [0.3, 0.4) is 0 Å². The second-order valence-electron chi connectivity index (χ2n) is 6.97. The Morgan fingerprint density at radius 3 is 2.77 bits per heavy atom. The summed E-state index contributed by atoms with van der Waals surface area (Å²) in [6.45, 7) is 2.09. The summed E-state index contributed by atoms with van der Waals surface area (Å²) in [7, 11) is 3.26. The number of aryl methyl sites for hydroxylation is 2. The monoisotopic (exact) mass is 444 g/mol. The predicted octanol–water partition coefficient (Wildman–Crippen LogP) is 3.28. The normalized spacial score (nSPS) is 13.2. The number of methoxy groups -OCH3 is 2. The second kappa shape index (κ2) is 9.53. The van der Waals surface area contributed by atoms with Crippen molar-refractivity contribution in [1.29, 1.82) is 0 Å². The van der Waals surface area contributed by atoms with Crippen molar-refractivity contribution in [1.82, 2.24) is 19.7 Å². The number of rotatable bonds is 8. The maximum absolute atomic E-state index is 12.8. The number of fused-ring (bicyclic) bond motifs is 1. The van der Waals surface area contributed by atoms with Gasteiger partial charge in [0.05, 0.1) is 20.0 Å². The number of benzene rings is 1. The summed E-state index contributed by atoms with van der Waals surface area (Å²) in [5, 5.41) is 11.1. The summed E-state index contributed by atoms with van der Waals surface area (Å²) in [5.74, 6) is 1.88. The van der Waals surface area contributed by atoms with Crippen LogP contribution < -0.4 is 9.47 Å². The summed E-state index contributed by atoms with van der Waals surface area (Å²) in [5.41, 5.74) is 2.31. The number of carbonyl (C=O) groups is 1. The van der Waals surface area contributed by atoms with E-state index in [2.05, 4.69) is 27.7 Å². The highest BCUT2D eigenvalue weighted by Gasteiger charge is 2.23. The van der Waals surface area contributed by atoms with Crippen molar-refractivity contribution >= 4 is 29.0 Å². The molecule has 0 spiro atoms. The molecule has 0 saturated carbocycles. The summed E-state index contributed by atoms with van der Waals surface area (Å²) < 4.78 is 12.8. The van der Waals surface area contributed by atoms with Gasteiger partial charge >= 0.3 is 0 Å². The number of aromatic nitrogens is 3. The molecule has 1 aromatic carbocycles. The fourth-order valence-electron chi connectivity index (χ4n) is 3.51. The van der Waals surface area contributed by atoms with Crippen LogP contribution in [-0.2, 0) is 30.7 Å². The van der Waals surface area contributed by atoms with E-state index in [0.29, 0.717) is 24.6 Å². The molecular formula is C21H24N4O3S2. The molecule has 158 valence electrons. The van der Waals surface area contributed by atoms with Gasteiger partial charge in [-0.05, 0) is 47.5 Å². The fourth-order valence-corrected chi connectivity index (χ4v) is 5.05. The smallest absolute Gasteiger partial charge is 0.233 e. The lowest BCUT2D eigenvalue weighted by Gasteiger charge is -2.29. The molecule has 0 saturated heterocycles. The van der Waals surface area contributed by atoms with Crippen LogP contribution in [0, 0.1) is 0 Å². The van der Waals surface area contributed by atoms with Crippen molar-refractivity contribution in [3.63, 3.8) is 0 Å². The van der Waals surface area contributed by atoms with Gasteiger partial charge in [0, 0.05) is 24.5 Å². The molecule has 9 heteroatoms. The Labute approximate surface area is 184 Å². The maximum atomic E-state index is 12.8. The molecule has 0 atom stereocenters. The van der Waals surface area contributed by atoms with Crippen LogP contribution in [0.15, 0.2) is 41.1 Å². The van der Waals surface area contributed by atoms with Crippen molar-refractivity contribution in [3.05, 3.63) is 52.0 Å². The van der Waals surface area contributed by atoms with Gasteiger partial charge < -0.3 is 18.9 Å². The first-order chi connectivity index (χ1) is 14.7. The third kappa shape index (κ3) is 4.62. The lowest BCUT2D eigenvalue weighted by atomic mass is 9.99. The molecule has 30 heavy (non-hydrogen) atoms. The van der Waals surface area contributed by atoms with Gasteiger partial charge in [-0.2, -0.15) is 0 Å². The first-order valence-corrected chi connectivity index (χ1v) is 11.6. The van der Waals surface area contributed by atoms with Crippen molar-refractivity contribution in [2.45, 2.75) is 31.1 Å². The van der Waals surface area contributed by atoms with E-state index in [1.54, 1.807) is 31.9 Å². The number of amides is 1. The van der Waals surface area contributed by atoms with Gasteiger partial charge in [0.2, 0.25) is 5.91 Å². The highest BCUT2D eigenvalue weighted by molar-refractivity contribution is 7.99. The van der Waals surface area contributed by atoms with Crippen LogP contribution >= 0.6 is 23.1 Å². The molecule has 2 aromatic heterocycles. The molecule has 1 aliphatic rings. The van der Waals surface area contributed by atoms with Gasteiger partial charge in [0.15, 0.2) is 16.7 Å². The number of hydrogen-bond acceptors (Lipinski definition) is 7. The van der Waals surface area contributed by atoms with Crippen molar-refractivity contribution < 1.29 is 14.3 Å². The molecule has 0 bridgehead atoms. The fraction of sp³-hybridized carbons (Fsp3) is 0.381. The van der Waals surface area contributed by atoms with E-state index in [-0.39, 0.29) is 5.91 Å². The third-order valence-electron chi connectivity index (χ3n) is 5.15. The summed E-state index contributed by atoms with van der Waals surface area (Å²) in [6.07, 6.45) is 3.48. The molecule has 0 unspecified atom stereocenters. The molecule has 7 nitrogen and oxygen atoms in total. The Bertz CT molecular complexity index is 1000. The zero-order chi connectivity index (χ0) is 20.9. The van der Waals surface area contributed by atoms with Gasteiger partial charge in [-0.15, -0.1) is 21.5 Å².